The Labute approximate surface area is 228 Å². The van der Waals surface area contributed by atoms with E-state index in [1.165, 1.54) is 18.4 Å². The van der Waals surface area contributed by atoms with Crippen LogP contribution in [0.15, 0.2) is 42.5 Å². The van der Waals surface area contributed by atoms with Crippen molar-refractivity contribution in [3.63, 3.8) is 0 Å². The standard InChI is InChI=1S/C25H32B5N3O5/c26-20-22(35)33(30)23(36)25(29,24(20,27)28)32-13-18-17(21(32)34)2-1-3-19(18)38-14-16-6-4-15(5-7-16)12-31-8-10-37-11-9-31/h1-7,20H,8-14,26-30H2. The molecule has 0 aliphatic carbocycles. The number of hydrogen-bond acceptors (Lipinski definition) is 6. The number of morpholine rings is 1. The van der Waals surface area contributed by atoms with Crippen molar-refractivity contribution >= 4 is 57.1 Å². The minimum absolute atomic E-state index is 0.211. The first-order valence-corrected chi connectivity index (χ1v) is 13.3. The molecule has 2 saturated heterocycles. The average molecular weight is 509 g/mol. The molecule has 5 rings (SSSR count). The van der Waals surface area contributed by atoms with Gasteiger partial charge in [0.2, 0.25) is 19.8 Å². The van der Waals surface area contributed by atoms with Gasteiger partial charge < -0.3 is 19.2 Å². The minimum atomic E-state index is -1.18. The topological polar surface area (TPSA) is 79.4 Å². The molecule has 3 heterocycles. The van der Waals surface area contributed by atoms with E-state index in [1.54, 1.807) is 18.8 Å². The summed E-state index contributed by atoms with van der Waals surface area (Å²) in [5, 5.41) is -0.755. The van der Waals surface area contributed by atoms with Crippen LogP contribution in [0.25, 0.3) is 0 Å². The lowest BCUT2D eigenvalue weighted by atomic mass is 9.30. The summed E-state index contributed by atoms with van der Waals surface area (Å²) in [5.74, 6) is -0.573. The molecule has 0 spiro atoms. The van der Waals surface area contributed by atoms with Crippen molar-refractivity contribution in [1.82, 2.24) is 14.6 Å². The second-order valence-electron chi connectivity index (χ2n) is 11.4. The Bertz CT molecular complexity index is 1270. The van der Waals surface area contributed by atoms with Gasteiger partial charge >= 0.3 is 0 Å². The van der Waals surface area contributed by atoms with Crippen LogP contribution in [-0.2, 0) is 34.0 Å². The van der Waals surface area contributed by atoms with Gasteiger partial charge in [-0.25, -0.2) is 0 Å². The number of piperidine rings is 1. The van der Waals surface area contributed by atoms with Gasteiger partial charge in [-0.15, -0.1) is 0 Å². The van der Waals surface area contributed by atoms with Crippen molar-refractivity contribution in [3.8, 4) is 5.75 Å². The Morgan fingerprint density at radius 3 is 2.32 bits per heavy atom. The lowest BCUT2D eigenvalue weighted by Gasteiger charge is -2.57. The monoisotopic (exact) mass is 509 g/mol. The number of fused-ring (bicyclic) bond motifs is 1. The summed E-state index contributed by atoms with van der Waals surface area (Å²) in [5.41, 5.74) is 2.43. The number of imide groups is 1. The molecule has 3 aliphatic heterocycles. The third-order valence-electron chi connectivity index (χ3n) is 9.15. The van der Waals surface area contributed by atoms with Crippen molar-refractivity contribution in [2.45, 2.75) is 36.2 Å². The minimum Gasteiger partial charge on any atom is -0.489 e. The van der Waals surface area contributed by atoms with Gasteiger partial charge in [-0.3, -0.25) is 19.3 Å². The number of hydrogen-bond donors (Lipinski definition) is 0. The van der Waals surface area contributed by atoms with Crippen molar-refractivity contribution in [2.75, 3.05) is 26.3 Å². The fourth-order valence-electron chi connectivity index (χ4n) is 5.91. The van der Waals surface area contributed by atoms with E-state index >= 15 is 0 Å². The first-order chi connectivity index (χ1) is 18.1. The molecule has 2 aromatic rings. The highest BCUT2D eigenvalue weighted by Crippen LogP contribution is 2.51. The van der Waals surface area contributed by atoms with E-state index in [4.69, 9.17) is 9.47 Å². The van der Waals surface area contributed by atoms with Crippen LogP contribution in [0.5, 0.6) is 5.75 Å². The molecular weight excluding hydrogens is 476 g/mol. The highest BCUT2D eigenvalue weighted by molar-refractivity contribution is 6.58. The van der Waals surface area contributed by atoms with E-state index in [0.717, 1.165) is 44.0 Å². The van der Waals surface area contributed by atoms with Crippen LogP contribution >= 0.6 is 0 Å². The fourth-order valence-corrected chi connectivity index (χ4v) is 5.91. The largest absolute Gasteiger partial charge is 0.489 e. The summed E-state index contributed by atoms with van der Waals surface area (Å²) >= 11 is 0. The van der Waals surface area contributed by atoms with E-state index in [1.807, 2.05) is 35.7 Å². The van der Waals surface area contributed by atoms with Gasteiger partial charge in [-0.1, -0.05) is 35.5 Å². The van der Waals surface area contributed by atoms with E-state index in [2.05, 4.69) is 29.2 Å². The number of rotatable bonds is 6. The lowest BCUT2D eigenvalue weighted by molar-refractivity contribution is -0.148. The molecule has 38 heavy (non-hydrogen) atoms. The molecule has 0 aromatic heterocycles. The first-order valence-electron chi connectivity index (χ1n) is 13.3. The number of nitrogens with zero attached hydrogens (tertiary/aromatic N) is 3. The van der Waals surface area contributed by atoms with Crippen LogP contribution in [0.3, 0.4) is 0 Å². The maximum Gasteiger partial charge on any atom is 0.254 e. The summed E-state index contributed by atoms with van der Waals surface area (Å²) in [6.45, 7) is 5.00. The van der Waals surface area contributed by atoms with Crippen LogP contribution in [0, 0.1) is 0 Å². The van der Waals surface area contributed by atoms with Crippen molar-refractivity contribution in [2.24, 2.45) is 0 Å². The molecule has 3 aliphatic rings. The lowest BCUT2D eigenvalue weighted by Crippen LogP contribution is -2.72. The molecule has 13 heteroatoms. The van der Waals surface area contributed by atoms with Gasteiger partial charge in [0.25, 0.3) is 5.91 Å². The maximum atomic E-state index is 13.7. The average Bonchev–Trinajstić information content (AvgIpc) is 3.27. The summed E-state index contributed by atoms with van der Waals surface area (Å²) in [7, 11) is 8.92. The van der Waals surface area contributed by atoms with Gasteiger partial charge in [-0.2, -0.15) is 0 Å². The predicted octanol–water partition coefficient (Wildman–Crippen LogP) is -2.90. The Kier molecular flexibility index (Phi) is 7.03. The Morgan fingerprint density at radius 1 is 0.974 bits per heavy atom. The van der Waals surface area contributed by atoms with E-state index in [0.29, 0.717) is 17.9 Å². The van der Waals surface area contributed by atoms with E-state index in [9.17, 15) is 14.4 Å². The maximum absolute atomic E-state index is 13.7. The molecule has 0 saturated carbocycles. The van der Waals surface area contributed by atoms with Crippen molar-refractivity contribution in [3.05, 3.63) is 64.7 Å². The summed E-state index contributed by atoms with van der Waals surface area (Å²) < 4.78 is 11.7. The highest BCUT2D eigenvalue weighted by atomic mass is 16.5. The summed E-state index contributed by atoms with van der Waals surface area (Å²) in [6, 6.07) is 13.9. The molecule has 0 radical (unpaired) electrons. The van der Waals surface area contributed by atoms with E-state index in [-0.39, 0.29) is 24.3 Å². The molecule has 0 bridgehead atoms. The van der Waals surface area contributed by atoms with Crippen molar-refractivity contribution in [1.29, 1.82) is 0 Å². The van der Waals surface area contributed by atoms with Crippen molar-refractivity contribution < 1.29 is 23.9 Å². The molecule has 0 N–H and O–H groups in total. The highest BCUT2D eigenvalue weighted by Gasteiger charge is 2.61. The SMILES string of the molecule is BC1C(=O)N(B)C(=O)C(B)(N2Cc3c(OCc4ccc(CN5CCOCC5)cc4)cccc3C2=O)C1(B)B. The molecule has 2 atom stereocenters. The summed E-state index contributed by atoms with van der Waals surface area (Å²) in [4.78, 5) is 45.1. The first kappa shape index (κ1) is 26.7. The van der Waals surface area contributed by atoms with Crippen LogP contribution < -0.4 is 4.74 Å². The Hall–Kier alpha value is -2.91. The second-order valence-corrected chi connectivity index (χ2v) is 11.4. The van der Waals surface area contributed by atoms with E-state index < -0.39 is 16.5 Å². The Balaban J connectivity index is 1.32. The molecule has 8 nitrogen and oxygen atoms in total. The quantitative estimate of drug-likeness (QED) is 0.308. The van der Waals surface area contributed by atoms with Crippen LogP contribution in [-0.4, -0.2) is 103 Å². The fraction of sp³-hybridized carbons (Fsp3) is 0.400. The van der Waals surface area contributed by atoms with Gasteiger partial charge in [0.1, 0.15) is 43.7 Å². The molecule has 192 valence electrons. The zero-order valence-corrected chi connectivity index (χ0v) is 23.0. The van der Waals surface area contributed by atoms with Gasteiger partial charge in [0, 0.05) is 36.6 Å². The number of carbonyl (C=O) groups excluding carboxylic acids is 3. The van der Waals surface area contributed by atoms with Gasteiger partial charge in [-0.05, 0) is 23.3 Å². The number of amides is 3. The molecule has 3 amide bonds. The van der Waals surface area contributed by atoms with Gasteiger partial charge in [0.15, 0.2) is 0 Å². The predicted molar refractivity (Wildman–Crippen MR) is 157 cm³/mol. The summed E-state index contributed by atoms with van der Waals surface area (Å²) in [6.07, 6.45) is 0. The second kappa shape index (κ2) is 10.0. The molecular formula is C25H32B5N3O5. The van der Waals surface area contributed by atoms with Crippen LogP contribution in [0.2, 0.25) is 11.0 Å². The number of carbonyl (C=O) groups is 3. The molecule has 2 unspecified atom stereocenters. The van der Waals surface area contributed by atoms with Gasteiger partial charge in [0.05, 0.1) is 25.2 Å². The number of benzene rings is 2. The zero-order chi connectivity index (χ0) is 27.2. The third kappa shape index (κ3) is 4.29. The third-order valence-corrected chi connectivity index (χ3v) is 9.15. The zero-order valence-electron chi connectivity index (χ0n) is 23.0. The van der Waals surface area contributed by atoms with Crippen LogP contribution in [0.1, 0.15) is 27.0 Å². The molecule has 2 aromatic carbocycles. The smallest absolute Gasteiger partial charge is 0.254 e. The Morgan fingerprint density at radius 2 is 1.63 bits per heavy atom. The van der Waals surface area contributed by atoms with Crippen LogP contribution in [0.4, 0.5) is 0 Å². The molecule has 2 fully saturated rings. The number of ether oxygens (including phenoxy) is 2. The normalized spacial score (nSPS) is 25.5.